The zero-order chi connectivity index (χ0) is 22.1. The zero-order valence-electron chi connectivity index (χ0n) is 18.8. The van der Waals surface area contributed by atoms with Crippen LogP contribution in [0.3, 0.4) is 0 Å². The first-order chi connectivity index (χ1) is 15.5. The Hall–Kier alpha value is -2.92. The zero-order valence-corrected chi connectivity index (χ0v) is 19.6. The van der Waals surface area contributed by atoms with Gasteiger partial charge in [-0.3, -0.25) is 0 Å². The number of benzene rings is 2. The van der Waals surface area contributed by atoms with E-state index in [1.165, 1.54) is 36.6 Å². The van der Waals surface area contributed by atoms with Gasteiger partial charge in [0.15, 0.2) is 0 Å². The maximum atomic E-state index is 4.60. The first-order valence-corrected chi connectivity index (χ1v) is 13.6. The van der Waals surface area contributed by atoms with Gasteiger partial charge in [-0.2, -0.15) is 5.10 Å². The fourth-order valence-corrected chi connectivity index (χ4v) is 6.74. The second kappa shape index (κ2) is 8.55. The summed E-state index contributed by atoms with van der Waals surface area (Å²) in [5.74, 6) is 10.8. The summed E-state index contributed by atoms with van der Waals surface area (Å²) in [6.07, 6.45) is 12.5. The third kappa shape index (κ3) is 4.35. The molecule has 1 aliphatic carbocycles. The molecule has 2 heterocycles. The number of aromatic nitrogens is 3. The minimum absolute atomic E-state index is 0.769. The van der Waals surface area contributed by atoms with Gasteiger partial charge in [0.05, 0.1) is 17.6 Å². The van der Waals surface area contributed by atoms with Crippen molar-refractivity contribution >= 4 is 37.7 Å². The Balaban J connectivity index is 1.40. The summed E-state index contributed by atoms with van der Waals surface area (Å²) in [7, 11) is -1.38. The number of hydrogen-bond acceptors (Lipinski definition) is 2. The van der Waals surface area contributed by atoms with E-state index < -0.39 is 9.39 Å². The molecule has 2 aromatic heterocycles. The molecule has 0 radical (unpaired) electrons. The van der Waals surface area contributed by atoms with E-state index in [1.54, 1.807) is 0 Å². The predicted molar refractivity (Wildman–Crippen MR) is 143 cm³/mol. The van der Waals surface area contributed by atoms with E-state index in [9.17, 15) is 0 Å². The molecule has 0 aliphatic heterocycles. The molecule has 4 nitrogen and oxygen atoms in total. The Morgan fingerprint density at radius 3 is 2.62 bits per heavy atom. The Labute approximate surface area is 191 Å². The van der Waals surface area contributed by atoms with Crippen LogP contribution in [0.25, 0.3) is 27.7 Å². The number of hydrogen-bond donors (Lipinski definition) is 2. The minimum atomic E-state index is -1.38. The third-order valence-corrected chi connectivity index (χ3v) is 8.33. The van der Waals surface area contributed by atoms with Gasteiger partial charge in [0, 0.05) is 34.6 Å². The molecule has 0 amide bonds. The molecule has 2 N–H and O–H groups in total. The third-order valence-electron chi connectivity index (χ3n) is 6.56. The summed E-state index contributed by atoms with van der Waals surface area (Å²) in [5.41, 5.74) is 6.89. The highest BCUT2D eigenvalue weighted by atomic mass is 32.2. The number of fused-ring (bicyclic) bond motifs is 1. The number of nitrogens with zero attached hydrogens (tertiary/aromatic N) is 2. The van der Waals surface area contributed by atoms with Gasteiger partial charge in [0.25, 0.3) is 0 Å². The van der Waals surface area contributed by atoms with E-state index in [2.05, 4.69) is 88.3 Å². The van der Waals surface area contributed by atoms with Crippen LogP contribution in [0, 0.1) is 5.92 Å². The van der Waals surface area contributed by atoms with Crippen LogP contribution in [0.15, 0.2) is 61.1 Å². The van der Waals surface area contributed by atoms with Crippen LogP contribution in [-0.2, 0) is 6.42 Å². The largest absolute Gasteiger partial charge is 0.359 e. The predicted octanol–water partition coefficient (Wildman–Crippen LogP) is 6.77. The van der Waals surface area contributed by atoms with E-state index in [1.807, 2.05) is 10.9 Å². The first-order valence-electron chi connectivity index (χ1n) is 11.5. The van der Waals surface area contributed by atoms with E-state index in [-0.39, 0.29) is 0 Å². The molecular weight excluding hydrogens is 412 g/mol. The van der Waals surface area contributed by atoms with Gasteiger partial charge < -0.3 is 9.71 Å². The van der Waals surface area contributed by atoms with Gasteiger partial charge in [0.2, 0.25) is 0 Å². The van der Waals surface area contributed by atoms with Gasteiger partial charge in [-0.1, -0.05) is 49.7 Å². The summed E-state index contributed by atoms with van der Waals surface area (Å²) < 4.78 is 5.64. The highest BCUT2D eigenvalue weighted by Gasteiger charge is 2.17. The Morgan fingerprint density at radius 1 is 1.09 bits per heavy atom. The number of aromatic amines is 1. The van der Waals surface area contributed by atoms with Crippen LogP contribution in [-0.4, -0.2) is 32.3 Å². The van der Waals surface area contributed by atoms with E-state index in [0.29, 0.717) is 0 Å². The lowest BCUT2D eigenvalue weighted by Gasteiger charge is -2.21. The molecule has 166 valence electrons. The van der Waals surface area contributed by atoms with Crippen molar-refractivity contribution in [3.63, 3.8) is 0 Å². The molecule has 0 spiro atoms. The lowest BCUT2D eigenvalue weighted by Crippen LogP contribution is -2.06. The van der Waals surface area contributed by atoms with Crippen LogP contribution < -0.4 is 4.72 Å². The fourth-order valence-electron chi connectivity index (χ4n) is 4.79. The monoisotopic (exact) mass is 444 g/mol. The number of nitrogens with one attached hydrogen (secondary N) is 2. The van der Waals surface area contributed by atoms with Crippen molar-refractivity contribution in [2.45, 2.75) is 39.0 Å². The van der Waals surface area contributed by atoms with Crippen molar-refractivity contribution in [2.24, 2.45) is 5.92 Å². The molecule has 0 bridgehead atoms. The van der Waals surface area contributed by atoms with Crippen LogP contribution in [0.2, 0.25) is 0 Å². The average Bonchev–Trinajstić information content (AvgIpc) is 3.55. The highest BCUT2D eigenvalue weighted by molar-refractivity contribution is 8.28. The maximum Gasteiger partial charge on any atom is 0.0689 e. The van der Waals surface area contributed by atoms with Crippen molar-refractivity contribution in [1.29, 1.82) is 0 Å². The van der Waals surface area contributed by atoms with Crippen LogP contribution in [0.1, 0.15) is 38.2 Å². The molecule has 4 aromatic rings. The lowest BCUT2D eigenvalue weighted by atomic mass is 10.1. The van der Waals surface area contributed by atoms with Crippen LogP contribution in [0.4, 0.5) is 5.69 Å². The SMILES string of the molecule is C=S(=C)(CC1CCCC1)Nc1c[nH]c2ccc(-c3cnn(-c4ccc(CC)cc4)c3)cc12. The summed E-state index contributed by atoms with van der Waals surface area (Å²) in [4.78, 5) is 3.40. The molecule has 5 heteroatoms. The van der Waals surface area contributed by atoms with Crippen molar-refractivity contribution < 1.29 is 0 Å². The summed E-state index contributed by atoms with van der Waals surface area (Å²) in [6.45, 7) is 2.17. The topological polar surface area (TPSA) is 45.6 Å². The Bertz CT molecular complexity index is 1320. The second-order valence-electron chi connectivity index (χ2n) is 9.12. The standard InChI is InChI=1S/C27H32N4S/c1-4-20-9-12-24(13-10-20)31-18-23(16-29-31)22-11-14-26-25(15-22)27(17-28-26)30-32(2,3)19-21-7-5-6-8-21/h9-18,21,28,30H,2-8,19H2,1H3. The minimum Gasteiger partial charge on any atom is -0.359 e. The number of rotatable bonds is 7. The molecule has 32 heavy (non-hydrogen) atoms. The number of anilines is 1. The molecule has 0 atom stereocenters. The van der Waals surface area contributed by atoms with Crippen LogP contribution >= 0.6 is 9.39 Å². The van der Waals surface area contributed by atoms with E-state index in [0.717, 1.165) is 46.1 Å². The van der Waals surface area contributed by atoms with Gasteiger partial charge >= 0.3 is 0 Å². The molecule has 0 unspecified atom stereocenters. The summed E-state index contributed by atoms with van der Waals surface area (Å²) in [6, 6.07) is 15.1. The second-order valence-corrected chi connectivity index (χ2v) is 11.7. The molecular formula is C27H32N4S. The highest BCUT2D eigenvalue weighted by Crippen LogP contribution is 2.37. The van der Waals surface area contributed by atoms with Gasteiger partial charge in [-0.15, -0.1) is 9.39 Å². The van der Waals surface area contributed by atoms with Crippen molar-refractivity contribution in [3.8, 4) is 16.8 Å². The lowest BCUT2D eigenvalue weighted by molar-refractivity contribution is 0.623. The molecule has 1 aliphatic rings. The smallest absolute Gasteiger partial charge is 0.0689 e. The van der Waals surface area contributed by atoms with E-state index >= 15 is 0 Å². The molecule has 1 saturated carbocycles. The quantitative estimate of drug-likeness (QED) is 0.309. The van der Waals surface area contributed by atoms with Crippen molar-refractivity contribution in [3.05, 3.63) is 66.6 Å². The maximum absolute atomic E-state index is 4.60. The molecule has 1 fully saturated rings. The summed E-state index contributed by atoms with van der Waals surface area (Å²) in [5, 5.41) is 5.78. The molecule has 0 saturated heterocycles. The molecule has 2 aromatic carbocycles. The summed E-state index contributed by atoms with van der Waals surface area (Å²) >= 11 is 0. The fraction of sp³-hybridized carbons (Fsp3) is 0.296. The Kier molecular flexibility index (Phi) is 5.60. The normalized spacial score (nSPS) is 14.9. The van der Waals surface area contributed by atoms with Crippen LogP contribution in [0.5, 0.6) is 0 Å². The van der Waals surface area contributed by atoms with Crippen molar-refractivity contribution in [2.75, 3.05) is 10.5 Å². The first kappa shape index (κ1) is 21.0. The number of aryl methyl sites for hydroxylation is 1. The Morgan fingerprint density at radius 2 is 1.88 bits per heavy atom. The van der Waals surface area contributed by atoms with Gasteiger partial charge in [-0.05, 0) is 60.6 Å². The molecule has 5 rings (SSSR count). The van der Waals surface area contributed by atoms with E-state index in [4.69, 9.17) is 0 Å². The number of H-pyrrole nitrogens is 1. The van der Waals surface area contributed by atoms with Gasteiger partial charge in [0.1, 0.15) is 0 Å². The van der Waals surface area contributed by atoms with Gasteiger partial charge in [-0.25, -0.2) is 4.68 Å². The van der Waals surface area contributed by atoms with Crippen molar-refractivity contribution in [1.82, 2.24) is 14.8 Å². The average molecular weight is 445 g/mol.